The van der Waals surface area contributed by atoms with Gasteiger partial charge in [0.25, 0.3) is 0 Å². The molecule has 0 fully saturated rings. The Labute approximate surface area is 96.2 Å². The Morgan fingerprint density at radius 1 is 1.40 bits per heavy atom. The summed E-state index contributed by atoms with van der Waals surface area (Å²) in [7, 11) is 1.65. The minimum absolute atomic E-state index is 0. The Hall–Kier alpha value is -1.10. The summed E-state index contributed by atoms with van der Waals surface area (Å²) < 4.78 is 4.79. The van der Waals surface area contributed by atoms with Crippen LogP contribution in [0.2, 0.25) is 0 Å². The topological polar surface area (TPSA) is 64.3 Å². The first-order valence-electron chi connectivity index (χ1n) is 4.35. The minimum Gasteiger partial charge on any atom is -0.462 e. The molecule has 1 rings (SSSR count). The predicted octanol–water partition coefficient (Wildman–Crippen LogP) is 1.36. The van der Waals surface area contributed by atoms with E-state index in [0.29, 0.717) is 12.2 Å². The smallest absolute Gasteiger partial charge is 0.338 e. The monoisotopic (exact) mass is 232 g/mol. The van der Waals surface area contributed by atoms with Crippen molar-refractivity contribution in [3.63, 3.8) is 0 Å². The Balaban J connectivity index is 0. The zero-order valence-corrected chi connectivity index (χ0v) is 9.71. The molecular weight excluding hydrogens is 216 g/mol. The van der Waals surface area contributed by atoms with E-state index in [1.54, 1.807) is 26.1 Å². The van der Waals surface area contributed by atoms with Gasteiger partial charge < -0.3 is 4.74 Å². The molecule has 4 nitrogen and oxygen atoms in total. The molecule has 0 atom stereocenters. The van der Waals surface area contributed by atoms with E-state index >= 15 is 0 Å². The summed E-state index contributed by atoms with van der Waals surface area (Å²) in [6, 6.07) is 8.96. The van der Waals surface area contributed by atoms with E-state index in [9.17, 15) is 4.79 Å². The van der Waals surface area contributed by atoms with Crippen molar-refractivity contribution in [1.82, 2.24) is 5.43 Å². The lowest BCUT2D eigenvalue weighted by Crippen LogP contribution is -2.13. The lowest BCUT2D eigenvalue weighted by Gasteiger charge is -1.99. The summed E-state index contributed by atoms with van der Waals surface area (Å²) in [5, 5.41) is 0. The maximum atomic E-state index is 11.0. The van der Waals surface area contributed by atoms with Crippen molar-refractivity contribution in [2.24, 2.45) is 5.84 Å². The largest absolute Gasteiger partial charge is 0.462 e. The van der Waals surface area contributed by atoms with Crippen molar-refractivity contribution in [2.45, 2.75) is 6.92 Å². The Kier molecular flexibility index (Phi) is 12.0. The molecule has 86 valence electrons. The normalized spacial score (nSPS) is 7.93. The van der Waals surface area contributed by atoms with Crippen molar-refractivity contribution in [3.05, 3.63) is 35.9 Å². The number of halogens is 1. The van der Waals surface area contributed by atoms with E-state index in [0.717, 1.165) is 0 Å². The van der Waals surface area contributed by atoms with Crippen LogP contribution in [0.15, 0.2) is 30.3 Å². The van der Waals surface area contributed by atoms with E-state index in [4.69, 9.17) is 4.74 Å². The number of esters is 1. The highest BCUT2D eigenvalue weighted by Gasteiger charge is 2.02. The zero-order valence-electron chi connectivity index (χ0n) is 8.90. The molecule has 0 amide bonds. The van der Waals surface area contributed by atoms with Crippen molar-refractivity contribution in [2.75, 3.05) is 13.7 Å². The first-order chi connectivity index (χ1) is 6.76. The van der Waals surface area contributed by atoms with Crippen LogP contribution in [-0.2, 0) is 4.74 Å². The van der Waals surface area contributed by atoms with Crippen LogP contribution >= 0.6 is 12.4 Å². The number of hydrazine groups is 1. The van der Waals surface area contributed by atoms with Gasteiger partial charge in [-0.1, -0.05) is 18.2 Å². The third kappa shape index (κ3) is 7.93. The molecule has 1 aromatic rings. The molecule has 0 saturated heterocycles. The fourth-order valence-electron chi connectivity index (χ4n) is 0.789. The quantitative estimate of drug-likeness (QED) is 0.459. The molecular formula is C10H17ClN2O2. The summed E-state index contributed by atoms with van der Waals surface area (Å²) >= 11 is 0. The van der Waals surface area contributed by atoms with Crippen LogP contribution in [0.25, 0.3) is 0 Å². The van der Waals surface area contributed by atoms with Gasteiger partial charge in [0.1, 0.15) is 0 Å². The van der Waals surface area contributed by atoms with E-state index < -0.39 is 0 Å². The number of carbonyl (C=O) groups is 1. The number of rotatable bonds is 2. The molecule has 0 aliphatic heterocycles. The third-order valence-electron chi connectivity index (χ3n) is 1.28. The average molecular weight is 233 g/mol. The van der Waals surface area contributed by atoms with Crippen molar-refractivity contribution in [3.8, 4) is 0 Å². The highest BCUT2D eigenvalue weighted by molar-refractivity contribution is 5.89. The number of ether oxygens (including phenoxy) is 1. The van der Waals surface area contributed by atoms with Gasteiger partial charge in [-0.2, -0.15) is 0 Å². The second-order valence-corrected chi connectivity index (χ2v) is 2.38. The summed E-state index contributed by atoms with van der Waals surface area (Å²) in [5.41, 5.74) is 2.86. The van der Waals surface area contributed by atoms with Gasteiger partial charge in [-0.15, -0.1) is 12.4 Å². The second kappa shape index (κ2) is 11.0. The summed E-state index contributed by atoms with van der Waals surface area (Å²) in [6.45, 7) is 2.22. The number of nitrogens with two attached hydrogens (primary N) is 1. The molecule has 0 aliphatic carbocycles. The van der Waals surface area contributed by atoms with Crippen LogP contribution in [0.4, 0.5) is 0 Å². The number of carbonyl (C=O) groups excluding carboxylic acids is 1. The molecule has 0 unspecified atom stereocenters. The van der Waals surface area contributed by atoms with E-state index in [1.807, 2.05) is 18.2 Å². The standard InChI is InChI=1S/C9H10O2.CH6N2.ClH/c1-2-11-9(10)8-6-4-3-5-7-8;1-3-2;/h3-7H,2H2,1H3;3H,2H2,1H3;1H. The van der Waals surface area contributed by atoms with Gasteiger partial charge in [-0.25, -0.2) is 4.79 Å². The SMILES string of the molecule is CCOC(=O)c1ccccc1.CNN.Cl. The van der Waals surface area contributed by atoms with Gasteiger partial charge in [0.15, 0.2) is 0 Å². The van der Waals surface area contributed by atoms with Gasteiger partial charge in [0.2, 0.25) is 0 Å². The summed E-state index contributed by atoms with van der Waals surface area (Å²) in [5.74, 6) is 4.34. The maximum Gasteiger partial charge on any atom is 0.338 e. The summed E-state index contributed by atoms with van der Waals surface area (Å²) in [4.78, 5) is 11.0. The molecule has 0 saturated carbocycles. The van der Waals surface area contributed by atoms with Gasteiger partial charge in [0.05, 0.1) is 12.2 Å². The fraction of sp³-hybridized carbons (Fsp3) is 0.300. The molecule has 0 radical (unpaired) electrons. The van der Waals surface area contributed by atoms with Crippen LogP contribution in [0.5, 0.6) is 0 Å². The fourth-order valence-corrected chi connectivity index (χ4v) is 0.789. The lowest BCUT2D eigenvalue weighted by molar-refractivity contribution is 0.0526. The van der Waals surface area contributed by atoms with Gasteiger partial charge in [0, 0.05) is 0 Å². The maximum absolute atomic E-state index is 11.0. The first-order valence-corrected chi connectivity index (χ1v) is 4.35. The van der Waals surface area contributed by atoms with Crippen LogP contribution in [-0.4, -0.2) is 19.6 Å². The molecule has 0 spiro atoms. The third-order valence-corrected chi connectivity index (χ3v) is 1.28. The highest BCUT2D eigenvalue weighted by Crippen LogP contribution is 1.99. The van der Waals surface area contributed by atoms with Crippen LogP contribution in [0.3, 0.4) is 0 Å². The summed E-state index contributed by atoms with van der Waals surface area (Å²) in [6.07, 6.45) is 0. The van der Waals surface area contributed by atoms with Gasteiger partial charge in [-0.3, -0.25) is 11.3 Å². The van der Waals surface area contributed by atoms with Crippen LogP contribution in [0.1, 0.15) is 17.3 Å². The van der Waals surface area contributed by atoms with Crippen molar-refractivity contribution >= 4 is 18.4 Å². The van der Waals surface area contributed by atoms with E-state index in [2.05, 4.69) is 11.3 Å². The van der Waals surface area contributed by atoms with Gasteiger partial charge >= 0.3 is 5.97 Å². The highest BCUT2D eigenvalue weighted by atomic mass is 35.5. The van der Waals surface area contributed by atoms with Crippen molar-refractivity contribution < 1.29 is 9.53 Å². The van der Waals surface area contributed by atoms with Crippen LogP contribution in [0, 0.1) is 0 Å². The number of nitrogens with one attached hydrogen (secondary N) is 1. The average Bonchev–Trinajstić information content (AvgIpc) is 2.21. The van der Waals surface area contributed by atoms with Crippen LogP contribution < -0.4 is 11.3 Å². The molecule has 0 aliphatic rings. The lowest BCUT2D eigenvalue weighted by atomic mass is 10.2. The molecule has 15 heavy (non-hydrogen) atoms. The Bertz CT molecular complexity index is 255. The van der Waals surface area contributed by atoms with Crippen molar-refractivity contribution in [1.29, 1.82) is 0 Å². The predicted molar refractivity (Wildman–Crippen MR) is 62.9 cm³/mol. The zero-order chi connectivity index (χ0) is 10.8. The number of hydrogen-bond donors (Lipinski definition) is 2. The molecule has 0 aromatic heterocycles. The van der Waals surface area contributed by atoms with Gasteiger partial charge in [-0.05, 0) is 26.1 Å². The first kappa shape index (κ1) is 16.3. The number of benzene rings is 1. The molecule has 5 heteroatoms. The number of hydrogen-bond acceptors (Lipinski definition) is 4. The molecule has 3 N–H and O–H groups in total. The Morgan fingerprint density at radius 2 is 1.87 bits per heavy atom. The second-order valence-electron chi connectivity index (χ2n) is 2.38. The van der Waals surface area contributed by atoms with E-state index in [1.165, 1.54) is 0 Å². The minimum atomic E-state index is -0.256. The Morgan fingerprint density at radius 3 is 2.27 bits per heavy atom. The molecule has 0 heterocycles. The molecule has 0 bridgehead atoms. The van der Waals surface area contributed by atoms with E-state index in [-0.39, 0.29) is 18.4 Å². The molecule has 1 aromatic carbocycles.